The zero-order valence-electron chi connectivity index (χ0n) is 18.0. The first-order valence-electron chi connectivity index (χ1n) is 9.65. The maximum absolute atomic E-state index is 12.4. The predicted molar refractivity (Wildman–Crippen MR) is 122 cm³/mol. The molecule has 2 aromatic carbocycles. The Morgan fingerprint density at radius 3 is 2.30 bits per heavy atom. The minimum absolute atomic E-state index is 0.0316. The number of rotatable bonds is 8. The molecule has 1 heterocycles. The van der Waals surface area contributed by atoms with Crippen LogP contribution < -0.4 is 25.1 Å². The summed E-state index contributed by atoms with van der Waals surface area (Å²) >= 11 is 12.1. The number of methoxy groups -OCH3 is 3. The van der Waals surface area contributed by atoms with Crippen molar-refractivity contribution < 1.29 is 28.2 Å². The molecule has 11 heteroatoms. The van der Waals surface area contributed by atoms with Crippen molar-refractivity contribution in [1.29, 1.82) is 0 Å². The van der Waals surface area contributed by atoms with Gasteiger partial charge in [-0.05, 0) is 30.3 Å². The van der Waals surface area contributed by atoms with E-state index in [0.29, 0.717) is 44.5 Å². The molecule has 0 aliphatic rings. The number of benzene rings is 2. The molecule has 3 aromatic rings. The molecule has 9 nitrogen and oxygen atoms in total. The van der Waals surface area contributed by atoms with Gasteiger partial charge in [-0.3, -0.25) is 20.4 Å². The zero-order valence-corrected chi connectivity index (χ0v) is 19.5. The van der Waals surface area contributed by atoms with E-state index in [-0.39, 0.29) is 18.4 Å². The fourth-order valence-corrected chi connectivity index (χ4v) is 3.44. The van der Waals surface area contributed by atoms with Gasteiger partial charge in [0.15, 0.2) is 23.1 Å². The topological polar surface area (TPSA) is 112 Å². The fraction of sp³-hybridized carbons (Fsp3) is 0.227. The zero-order chi connectivity index (χ0) is 24.0. The van der Waals surface area contributed by atoms with Gasteiger partial charge >= 0.3 is 0 Å². The standard InChI is InChI=1S/C22H21Cl2N3O6/c1-30-16-8-12(9-17(31-2)21(16)32-3)22(29)27-26-19(28)6-7-20-25-11-18(33-20)14-5-4-13(23)10-15(14)24/h4-5,8-11H,6-7H2,1-3H3,(H,26,28)(H,27,29). The number of oxazole rings is 1. The lowest BCUT2D eigenvalue weighted by Crippen LogP contribution is -2.41. The molecule has 0 fully saturated rings. The molecule has 0 spiro atoms. The molecule has 0 radical (unpaired) electrons. The van der Waals surface area contributed by atoms with Crippen molar-refractivity contribution in [2.75, 3.05) is 21.3 Å². The number of ether oxygens (including phenoxy) is 3. The molecule has 0 aliphatic carbocycles. The maximum atomic E-state index is 12.4. The van der Waals surface area contributed by atoms with Crippen LogP contribution >= 0.6 is 23.2 Å². The van der Waals surface area contributed by atoms with Gasteiger partial charge < -0.3 is 18.6 Å². The molecule has 1 aromatic heterocycles. The normalized spacial score (nSPS) is 10.5. The summed E-state index contributed by atoms with van der Waals surface area (Å²) in [4.78, 5) is 28.8. The van der Waals surface area contributed by atoms with Gasteiger partial charge in [0, 0.05) is 29.0 Å². The number of carbonyl (C=O) groups excluding carboxylic acids is 2. The first-order chi connectivity index (χ1) is 15.9. The number of aromatic nitrogens is 1. The van der Waals surface area contributed by atoms with Crippen molar-refractivity contribution in [3.8, 4) is 28.6 Å². The van der Waals surface area contributed by atoms with E-state index in [9.17, 15) is 9.59 Å². The summed E-state index contributed by atoms with van der Waals surface area (Å²) in [5.74, 6) is 0.803. The summed E-state index contributed by atoms with van der Waals surface area (Å²) in [5.41, 5.74) is 5.55. The highest BCUT2D eigenvalue weighted by atomic mass is 35.5. The van der Waals surface area contributed by atoms with Gasteiger partial charge in [-0.15, -0.1) is 0 Å². The van der Waals surface area contributed by atoms with Crippen LogP contribution in [0.1, 0.15) is 22.7 Å². The lowest BCUT2D eigenvalue weighted by Gasteiger charge is -2.14. The van der Waals surface area contributed by atoms with Crippen LogP contribution in [0.4, 0.5) is 0 Å². The molecule has 174 valence electrons. The van der Waals surface area contributed by atoms with Crippen molar-refractivity contribution in [3.63, 3.8) is 0 Å². The Balaban J connectivity index is 1.56. The molecule has 3 rings (SSSR count). The van der Waals surface area contributed by atoms with E-state index in [1.54, 1.807) is 18.2 Å². The third-order valence-corrected chi connectivity index (χ3v) is 5.11. The van der Waals surface area contributed by atoms with Crippen molar-refractivity contribution in [2.45, 2.75) is 12.8 Å². The van der Waals surface area contributed by atoms with E-state index in [0.717, 1.165) is 0 Å². The second-order valence-electron chi connectivity index (χ2n) is 6.66. The first-order valence-corrected chi connectivity index (χ1v) is 10.4. The summed E-state index contributed by atoms with van der Waals surface area (Å²) in [5, 5.41) is 0.936. The average molecular weight is 494 g/mol. The molecule has 0 saturated heterocycles. The summed E-state index contributed by atoms with van der Waals surface area (Å²) in [6.45, 7) is 0. The molecule has 33 heavy (non-hydrogen) atoms. The number of nitrogens with zero attached hydrogens (tertiary/aromatic N) is 1. The molecule has 0 unspecified atom stereocenters. The molecule has 0 bridgehead atoms. The van der Waals surface area contributed by atoms with Crippen molar-refractivity contribution in [3.05, 3.63) is 58.0 Å². The van der Waals surface area contributed by atoms with E-state index in [4.69, 9.17) is 41.8 Å². The summed E-state index contributed by atoms with van der Waals surface area (Å²) < 4.78 is 21.3. The van der Waals surface area contributed by atoms with E-state index >= 15 is 0 Å². The number of hydrogen-bond donors (Lipinski definition) is 2. The second-order valence-corrected chi connectivity index (χ2v) is 7.50. The highest BCUT2D eigenvalue weighted by Gasteiger charge is 2.18. The Morgan fingerprint density at radius 2 is 1.70 bits per heavy atom. The summed E-state index contributed by atoms with van der Waals surface area (Å²) in [6.07, 6.45) is 1.77. The van der Waals surface area contributed by atoms with Crippen molar-refractivity contribution in [2.24, 2.45) is 0 Å². The van der Waals surface area contributed by atoms with Gasteiger partial charge in [0.2, 0.25) is 11.7 Å². The van der Waals surface area contributed by atoms with Crippen LogP contribution in [0.2, 0.25) is 10.0 Å². The number of hydrazine groups is 1. The van der Waals surface area contributed by atoms with Gasteiger partial charge in [-0.25, -0.2) is 4.98 Å². The predicted octanol–water partition coefficient (Wildman–Crippen LogP) is 4.07. The van der Waals surface area contributed by atoms with Gasteiger partial charge in [0.25, 0.3) is 5.91 Å². The second kappa shape index (κ2) is 10.9. The van der Waals surface area contributed by atoms with E-state index in [1.807, 2.05) is 0 Å². The highest BCUT2D eigenvalue weighted by molar-refractivity contribution is 6.36. The molecule has 2 amide bonds. The smallest absolute Gasteiger partial charge is 0.269 e. The Hall–Kier alpha value is -3.43. The van der Waals surface area contributed by atoms with Crippen molar-refractivity contribution >= 4 is 35.0 Å². The first kappa shape index (κ1) is 24.2. The van der Waals surface area contributed by atoms with Crippen LogP contribution in [0.15, 0.2) is 40.9 Å². The lowest BCUT2D eigenvalue weighted by molar-refractivity contribution is -0.121. The number of halogens is 2. The van der Waals surface area contributed by atoms with Crippen LogP contribution in [0.25, 0.3) is 11.3 Å². The van der Waals surface area contributed by atoms with Crippen LogP contribution in [0.3, 0.4) is 0 Å². The molecule has 0 aliphatic heterocycles. The number of carbonyl (C=O) groups is 2. The number of hydrogen-bond acceptors (Lipinski definition) is 7. The van der Waals surface area contributed by atoms with Crippen LogP contribution in [0, 0.1) is 0 Å². The Bertz CT molecular complexity index is 1140. The van der Waals surface area contributed by atoms with Crippen LogP contribution in [-0.4, -0.2) is 38.1 Å². The molecule has 0 saturated carbocycles. The summed E-state index contributed by atoms with van der Waals surface area (Å²) in [6, 6.07) is 7.96. The number of amides is 2. The fourth-order valence-electron chi connectivity index (χ4n) is 2.93. The van der Waals surface area contributed by atoms with E-state index < -0.39 is 11.8 Å². The highest BCUT2D eigenvalue weighted by Crippen LogP contribution is 2.38. The molecular weight excluding hydrogens is 473 g/mol. The largest absolute Gasteiger partial charge is 0.493 e. The van der Waals surface area contributed by atoms with E-state index in [1.165, 1.54) is 39.7 Å². The molecule has 0 atom stereocenters. The molecule has 2 N–H and O–H groups in total. The molecular formula is C22H21Cl2N3O6. The SMILES string of the molecule is COc1cc(C(=O)NNC(=O)CCc2ncc(-c3ccc(Cl)cc3Cl)o2)cc(OC)c1OC. The monoisotopic (exact) mass is 493 g/mol. The van der Waals surface area contributed by atoms with Gasteiger partial charge in [0.1, 0.15) is 0 Å². The minimum Gasteiger partial charge on any atom is -0.493 e. The maximum Gasteiger partial charge on any atom is 0.269 e. The van der Waals surface area contributed by atoms with Crippen molar-refractivity contribution in [1.82, 2.24) is 15.8 Å². The van der Waals surface area contributed by atoms with Gasteiger partial charge in [-0.2, -0.15) is 0 Å². The Morgan fingerprint density at radius 1 is 1.00 bits per heavy atom. The van der Waals surface area contributed by atoms with Crippen LogP contribution in [0.5, 0.6) is 17.2 Å². The van der Waals surface area contributed by atoms with Gasteiger partial charge in [0.05, 0.1) is 32.5 Å². The number of aryl methyl sites for hydroxylation is 1. The van der Waals surface area contributed by atoms with Crippen LogP contribution in [-0.2, 0) is 11.2 Å². The summed E-state index contributed by atoms with van der Waals surface area (Å²) in [7, 11) is 4.34. The number of nitrogens with one attached hydrogen (secondary N) is 2. The average Bonchev–Trinajstić information content (AvgIpc) is 3.28. The lowest BCUT2D eigenvalue weighted by atomic mass is 10.1. The Labute approximate surface area is 199 Å². The van der Waals surface area contributed by atoms with E-state index in [2.05, 4.69) is 15.8 Å². The third kappa shape index (κ3) is 5.88. The third-order valence-electron chi connectivity index (χ3n) is 4.56. The minimum atomic E-state index is -0.557. The quantitative estimate of drug-likeness (QED) is 0.454. The van der Waals surface area contributed by atoms with Gasteiger partial charge in [-0.1, -0.05) is 23.2 Å². The Kier molecular flexibility index (Phi) is 8.02.